The summed E-state index contributed by atoms with van der Waals surface area (Å²) in [6.45, 7) is 0.862. The van der Waals surface area contributed by atoms with Gasteiger partial charge in [0.2, 0.25) is 6.10 Å². The van der Waals surface area contributed by atoms with Gasteiger partial charge in [-0.05, 0) is 42.5 Å². The maximum atomic E-state index is 13.0. The maximum Gasteiger partial charge on any atom is 0.339 e. The van der Waals surface area contributed by atoms with Gasteiger partial charge in [0.25, 0.3) is 5.91 Å². The number of esters is 1. The van der Waals surface area contributed by atoms with Crippen molar-refractivity contribution in [3.8, 4) is 17.2 Å². The molecule has 0 fully saturated rings. The van der Waals surface area contributed by atoms with Gasteiger partial charge in [-0.25, -0.2) is 4.79 Å². The van der Waals surface area contributed by atoms with Gasteiger partial charge in [0.1, 0.15) is 19.0 Å². The second-order valence-electron chi connectivity index (χ2n) is 6.77. The van der Waals surface area contributed by atoms with Crippen molar-refractivity contribution >= 4 is 17.6 Å². The molecule has 4 rings (SSSR count). The van der Waals surface area contributed by atoms with E-state index < -0.39 is 18.0 Å². The molecule has 0 unspecified atom stereocenters. The van der Waals surface area contributed by atoms with Crippen LogP contribution in [0.4, 0.5) is 5.69 Å². The summed E-state index contributed by atoms with van der Waals surface area (Å²) < 4.78 is 21.8. The summed E-state index contributed by atoms with van der Waals surface area (Å²) in [5.74, 6) is 0.597. The molecule has 0 aliphatic carbocycles. The molecule has 0 bridgehead atoms. The summed E-state index contributed by atoms with van der Waals surface area (Å²) in [4.78, 5) is 25.8. The van der Waals surface area contributed by atoms with Crippen LogP contribution < -0.4 is 19.5 Å². The third kappa shape index (κ3) is 4.78. The molecular formula is C24H21NO6. The van der Waals surface area contributed by atoms with Gasteiger partial charge >= 0.3 is 5.97 Å². The molecule has 0 radical (unpaired) electrons. The van der Waals surface area contributed by atoms with Crippen LogP contribution in [0, 0.1) is 0 Å². The van der Waals surface area contributed by atoms with E-state index in [1.165, 1.54) is 0 Å². The van der Waals surface area contributed by atoms with Gasteiger partial charge in [0, 0.05) is 11.3 Å². The van der Waals surface area contributed by atoms with Crippen LogP contribution >= 0.6 is 0 Å². The summed E-state index contributed by atoms with van der Waals surface area (Å²) in [6, 6.07) is 20.5. The molecule has 3 aromatic carbocycles. The highest BCUT2D eigenvalue weighted by Crippen LogP contribution is 2.31. The van der Waals surface area contributed by atoms with Crippen molar-refractivity contribution in [2.75, 3.05) is 25.6 Å². The van der Waals surface area contributed by atoms with E-state index in [0.717, 1.165) is 0 Å². The Bertz CT molecular complexity index is 1070. The monoisotopic (exact) mass is 419 g/mol. The number of ether oxygens (including phenoxy) is 4. The molecule has 1 atom stereocenters. The Labute approximate surface area is 179 Å². The van der Waals surface area contributed by atoms with Crippen molar-refractivity contribution in [2.45, 2.75) is 6.10 Å². The van der Waals surface area contributed by atoms with Crippen molar-refractivity contribution < 1.29 is 28.5 Å². The number of nitrogens with one attached hydrogen (secondary N) is 1. The number of benzene rings is 3. The number of carbonyl (C=O) groups is 2. The van der Waals surface area contributed by atoms with E-state index in [1.54, 1.807) is 73.8 Å². The van der Waals surface area contributed by atoms with Crippen LogP contribution in [0.3, 0.4) is 0 Å². The highest BCUT2D eigenvalue weighted by molar-refractivity contribution is 5.98. The Morgan fingerprint density at radius 1 is 0.903 bits per heavy atom. The molecule has 7 nitrogen and oxygen atoms in total. The van der Waals surface area contributed by atoms with Crippen LogP contribution in [0.25, 0.3) is 0 Å². The van der Waals surface area contributed by atoms with E-state index in [4.69, 9.17) is 18.9 Å². The molecule has 7 heteroatoms. The Morgan fingerprint density at radius 3 is 2.32 bits per heavy atom. The largest absolute Gasteiger partial charge is 0.497 e. The van der Waals surface area contributed by atoms with E-state index in [2.05, 4.69) is 5.32 Å². The molecule has 1 aliphatic rings. The first kappa shape index (κ1) is 20.3. The molecule has 0 spiro atoms. The predicted molar refractivity (Wildman–Crippen MR) is 114 cm³/mol. The molecule has 1 heterocycles. The van der Waals surface area contributed by atoms with E-state index in [1.807, 2.05) is 6.07 Å². The molecular weight excluding hydrogens is 398 g/mol. The summed E-state index contributed by atoms with van der Waals surface area (Å²) in [7, 11) is 1.57. The fraction of sp³-hybridized carbons (Fsp3) is 0.167. The van der Waals surface area contributed by atoms with Crippen molar-refractivity contribution in [1.82, 2.24) is 0 Å². The summed E-state index contributed by atoms with van der Waals surface area (Å²) in [5.41, 5.74) is 1.38. The molecule has 31 heavy (non-hydrogen) atoms. The van der Waals surface area contributed by atoms with Crippen LogP contribution in [-0.2, 0) is 9.53 Å². The van der Waals surface area contributed by atoms with Gasteiger partial charge in [0.05, 0.1) is 12.7 Å². The minimum absolute atomic E-state index is 0.266. The van der Waals surface area contributed by atoms with Crippen LogP contribution in [-0.4, -0.2) is 32.2 Å². The smallest absolute Gasteiger partial charge is 0.339 e. The topological polar surface area (TPSA) is 83.1 Å². The predicted octanol–water partition coefficient (Wildman–Crippen LogP) is 4.00. The fourth-order valence-corrected chi connectivity index (χ4v) is 3.13. The third-order valence-electron chi connectivity index (χ3n) is 4.70. The van der Waals surface area contributed by atoms with Crippen molar-refractivity contribution in [3.63, 3.8) is 0 Å². The molecule has 0 aromatic heterocycles. The Balaban J connectivity index is 1.55. The average molecular weight is 419 g/mol. The number of hydrogen-bond donors (Lipinski definition) is 1. The van der Waals surface area contributed by atoms with Crippen LogP contribution in [0.5, 0.6) is 17.2 Å². The quantitative estimate of drug-likeness (QED) is 0.608. The SMILES string of the molecule is COc1ccc(NC(=O)[C@@H](OC(=O)c2ccc3c(c2)OCCO3)c2ccccc2)cc1. The molecule has 0 saturated heterocycles. The van der Waals surface area contributed by atoms with Crippen molar-refractivity contribution in [3.05, 3.63) is 83.9 Å². The van der Waals surface area contributed by atoms with Gasteiger partial charge in [-0.2, -0.15) is 0 Å². The van der Waals surface area contributed by atoms with E-state index in [0.29, 0.717) is 41.7 Å². The molecule has 0 saturated carbocycles. The van der Waals surface area contributed by atoms with Gasteiger partial charge in [-0.3, -0.25) is 4.79 Å². The van der Waals surface area contributed by atoms with E-state index in [-0.39, 0.29) is 5.56 Å². The minimum Gasteiger partial charge on any atom is -0.497 e. The molecule has 1 amide bonds. The number of rotatable bonds is 6. The first-order valence-corrected chi connectivity index (χ1v) is 9.74. The van der Waals surface area contributed by atoms with Gasteiger partial charge in [-0.15, -0.1) is 0 Å². The first-order chi connectivity index (χ1) is 15.1. The number of fused-ring (bicyclic) bond motifs is 1. The molecule has 1 N–H and O–H groups in total. The lowest BCUT2D eigenvalue weighted by molar-refractivity contribution is -0.125. The molecule has 158 valence electrons. The van der Waals surface area contributed by atoms with Crippen molar-refractivity contribution in [1.29, 1.82) is 0 Å². The first-order valence-electron chi connectivity index (χ1n) is 9.74. The second kappa shape index (κ2) is 9.21. The summed E-state index contributed by atoms with van der Waals surface area (Å²) in [6.07, 6.45) is -1.14. The lowest BCUT2D eigenvalue weighted by atomic mass is 10.1. The van der Waals surface area contributed by atoms with Crippen LogP contribution in [0.2, 0.25) is 0 Å². The maximum absolute atomic E-state index is 13.0. The Kier molecular flexibility index (Phi) is 6.03. The van der Waals surface area contributed by atoms with Gasteiger partial charge < -0.3 is 24.3 Å². The fourth-order valence-electron chi connectivity index (χ4n) is 3.13. The molecule has 1 aliphatic heterocycles. The Hall–Kier alpha value is -4.00. The van der Waals surface area contributed by atoms with Gasteiger partial charge in [0.15, 0.2) is 11.5 Å². The zero-order valence-electron chi connectivity index (χ0n) is 16.9. The second-order valence-corrected chi connectivity index (χ2v) is 6.77. The standard InChI is InChI=1S/C24H21NO6/c1-28-19-10-8-18(9-11-19)25-23(26)22(16-5-3-2-4-6-16)31-24(27)17-7-12-20-21(15-17)30-14-13-29-20/h2-12,15,22H,13-14H2,1H3,(H,25,26)/t22-/m0/s1. The van der Waals surface area contributed by atoms with Gasteiger partial charge in [-0.1, -0.05) is 30.3 Å². The minimum atomic E-state index is -1.14. The number of carbonyl (C=O) groups excluding carboxylic acids is 2. The lowest BCUT2D eigenvalue weighted by Gasteiger charge is -2.20. The Morgan fingerprint density at radius 2 is 1.61 bits per heavy atom. The highest BCUT2D eigenvalue weighted by atomic mass is 16.6. The number of methoxy groups -OCH3 is 1. The van der Waals surface area contributed by atoms with E-state index in [9.17, 15) is 9.59 Å². The number of amides is 1. The zero-order valence-corrected chi connectivity index (χ0v) is 16.9. The summed E-state index contributed by atoms with van der Waals surface area (Å²) in [5, 5.41) is 2.78. The van der Waals surface area contributed by atoms with Crippen molar-refractivity contribution in [2.24, 2.45) is 0 Å². The average Bonchev–Trinajstić information content (AvgIpc) is 2.83. The van der Waals surface area contributed by atoms with Crippen LogP contribution in [0.1, 0.15) is 22.0 Å². The number of hydrogen-bond acceptors (Lipinski definition) is 6. The zero-order chi connectivity index (χ0) is 21.6. The molecule has 3 aromatic rings. The highest BCUT2D eigenvalue weighted by Gasteiger charge is 2.26. The third-order valence-corrected chi connectivity index (χ3v) is 4.70. The normalized spacial score (nSPS) is 13.1. The van der Waals surface area contributed by atoms with E-state index >= 15 is 0 Å². The summed E-state index contributed by atoms with van der Waals surface area (Å²) >= 11 is 0. The number of anilines is 1. The van der Waals surface area contributed by atoms with Crippen LogP contribution in [0.15, 0.2) is 72.8 Å². The lowest BCUT2D eigenvalue weighted by Crippen LogP contribution is -2.26.